The second-order valence-corrected chi connectivity index (χ2v) is 6.17. The zero-order chi connectivity index (χ0) is 15.5. The van der Waals surface area contributed by atoms with Gasteiger partial charge in [-0.25, -0.2) is 0 Å². The third kappa shape index (κ3) is 4.20. The predicted octanol–water partition coefficient (Wildman–Crippen LogP) is 4.01. The lowest BCUT2D eigenvalue weighted by molar-refractivity contribution is -0.111. The lowest BCUT2D eigenvalue weighted by atomic mass is 9.92. The van der Waals surface area contributed by atoms with Gasteiger partial charge >= 0.3 is 0 Å². The highest BCUT2D eigenvalue weighted by molar-refractivity contribution is 6.32. The Hall–Kier alpha value is -2.07. The second kappa shape index (κ2) is 6.14. The molecule has 2 aromatic rings. The Balaban J connectivity index is 2.02. The largest absolute Gasteiger partial charge is 0.306 e. The molecule has 1 aromatic heterocycles. The zero-order valence-electron chi connectivity index (χ0n) is 12.3. The molecule has 0 bridgehead atoms. The topological polar surface area (TPSA) is 57.8 Å². The van der Waals surface area contributed by atoms with Crippen molar-refractivity contribution in [3.63, 3.8) is 0 Å². The van der Waals surface area contributed by atoms with E-state index >= 15 is 0 Å². The van der Waals surface area contributed by atoms with E-state index in [1.807, 2.05) is 24.3 Å². The van der Waals surface area contributed by atoms with Gasteiger partial charge in [-0.3, -0.25) is 9.89 Å². The van der Waals surface area contributed by atoms with Crippen LogP contribution in [0.25, 0.3) is 6.08 Å². The molecule has 1 aromatic carbocycles. The molecule has 4 nitrogen and oxygen atoms in total. The summed E-state index contributed by atoms with van der Waals surface area (Å²) in [6, 6.07) is 9.17. The summed E-state index contributed by atoms with van der Waals surface area (Å²) < 4.78 is 0. The summed E-state index contributed by atoms with van der Waals surface area (Å²) in [6.07, 6.45) is 3.11. The molecule has 0 unspecified atom stereocenters. The molecule has 21 heavy (non-hydrogen) atoms. The monoisotopic (exact) mass is 303 g/mol. The Kier molecular flexibility index (Phi) is 4.48. The molecule has 0 fully saturated rings. The van der Waals surface area contributed by atoms with E-state index in [2.05, 4.69) is 36.3 Å². The SMILES string of the molecule is CC(C)(C)c1cc(NC(=O)/C=C/c2ccccc2Cl)n[nH]1. The number of H-pyrrole nitrogens is 1. The molecular weight excluding hydrogens is 286 g/mol. The summed E-state index contributed by atoms with van der Waals surface area (Å²) in [5.74, 6) is 0.260. The molecular formula is C16H18ClN3O. The third-order valence-electron chi connectivity index (χ3n) is 2.96. The molecule has 0 saturated carbocycles. The average Bonchev–Trinajstić information content (AvgIpc) is 2.86. The maximum Gasteiger partial charge on any atom is 0.249 e. The Morgan fingerprint density at radius 3 is 2.67 bits per heavy atom. The first-order chi connectivity index (χ1) is 9.86. The predicted molar refractivity (Wildman–Crippen MR) is 86.4 cm³/mol. The summed E-state index contributed by atoms with van der Waals surface area (Å²) in [5.41, 5.74) is 1.73. The van der Waals surface area contributed by atoms with Crippen LogP contribution in [0.15, 0.2) is 36.4 Å². The van der Waals surface area contributed by atoms with Crippen molar-refractivity contribution in [2.75, 3.05) is 5.32 Å². The molecule has 110 valence electrons. The van der Waals surface area contributed by atoms with Crippen molar-refractivity contribution >= 4 is 29.4 Å². The van der Waals surface area contributed by atoms with Gasteiger partial charge in [0.05, 0.1) is 0 Å². The highest BCUT2D eigenvalue weighted by Gasteiger charge is 2.16. The van der Waals surface area contributed by atoms with E-state index in [-0.39, 0.29) is 11.3 Å². The first-order valence-corrected chi connectivity index (χ1v) is 7.03. The molecule has 0 saturated heterocycles. The minimum Gasteiger partial charge on any atom is -0.306 e. The molecule has 2 N–H and O–H groups in total. The van der Waals surface area contributed by atoms with Crippen molar-refractivity contribution in [1.29, 1.82) is 0 Å². The number of hydrogen-bond acceptors (Lipinski definition) is 2. The second-order valence-electron chi connectivity index (χ2n) is 5.76. The number of aromatic nitrogens is 2. The molecule has 1 heterocycles. The van der Waals surface area contributed by atoms with Crippen molar-refractivity contribution < 1.29 is 4.79 Å². The number of benzene rings is 1. The van der Waals surface area contributed by atoms with E-state index in [1.54, 1.807) is 12.1 Å². The van der Waals surface area contributed by atoms with Crippen LogP contribution >= 0.6 is 11.6 Å². The molecule has 0 aliphatic carbocycles. The Morgan fingerprint density at radius 1 is 1.33 bits per heavy atom. The summed E-state index contributed by atoms with van der Waals surface area (Å²) in [7, 11) is 0. The van der Waals surface area contributed by atoms with Crippen LogP contribution in [-0.4, -0.2) is 16.1 Å². The van der Waals surface area contributed by atoms with Crippen LogP contribution in [-0.2, 0) is 10.2 Å². The van der Waals surface area contributed by atoms with Crippen molar-refractivity contribution in [3.8, 4) is 0 Å². The standard InChI is InChI=1S/C16H18ClN3O/c1-16(2,3)13-10-14(20-19-13)18-15(21)9-8-11-6-4-5-7-12(11)17/h4-10H,1-3H3,(H2,18,19,20,21)/b9-8+. The fraction of sp³-hybridized carbons (Fsp3) is 0.250. The highest BCUT2D eigenvalue weighted by atomic mass is 35.5. The van der Waals surface area contributed by atoms with Crippen molar-refractivity contribution in [3.05, 3.63) is 52.7 Å². The van der Waals surface area contributed by atoms with E-state index in [4.69, 9.17) is 11.6 Å². The van der Waals surface area contributed by atoms with Crippen molar-refractivity contribution in [1.82, 2.24) is 10.2 Å². The van der Waals surface area contributed by atoms with Gasteiger partial charge in [0.2, 0.25) is 5.91 Å². The molecule has 0 atom stereocenters. The van der Waals surface area contributed by atoms with Gasteiger partial charge in [-0.05, 0) is 17.7 Å². The smallest absolute Gasteiger partial charge is 0.249 e. The fourth-order valence-electron chi connectivity index (χ4n) is 1.71. The zero-order valence-corrected chi connectivity index (χ0v) is 13.0. The Labute approximate surface area is 129 Å². The lowest BCUT2D eigenvalue weighted by Gasteiger charge is -2.14. The van der Waals surface area contributed by atoms with Gasteiger partial charge in [0.1, 0.15) is 0 Å². The maximum absolute atomic E-state index is 11.9. The van der Waals surface area contributed by atoms with Gasteiger partial charge < -0.3 is 5.32 Å². The minimum absolute atomic E-state index is 0.0383. The van der Waals surface area contributed by atoms with Crippen molar-refractivity contribution in [2.24, 2.45) is 0 Å². The van der Waals surface area contributed by atoms with E-state index < -0.39 is 0 Å². The molecule has 5 heteroatoms. The first-order valence-electron chi connectivity index (χ1n) is 6.66. The van der Waals surface area contributed by atoms with Gasteiger partial charge in [-0.1, -0.05) is 50.6 Å². The van der Waals surface area contributed by atoms with Crippen LogP contribution in [0.2, 0.25) is 5.02 Å². The molecule has 1 amide bonds. The fourth-order valence-corrected chi connectivity index (χ4v) is 1.91. The number of hydrogen-bond donors (Lipinski definition) is 2. The van der Waals surface area contributed by atoms with E-state index in [9.17, 15) is 4.79 Å². The van der Waals surface area contributed by atoms with Gasteiger partial charge in [0.25, 0.3) is 0 Å². The van der Waals surface area contributed by atoms with Crippen LogP contribution in [0.1, 0.15) is 32.0 Å². The van der Waals surface area contributed by atoms with Crippen LogP contribution in [0.5, 0.6) is 0 Å². The summed E-state index contributed by atoms with van der Waals surface area (Å²) in [4.78, 5) is 11.9. The van der Waals surface area contributed by atoms with Gasteiger partial charge in [-0.2, -0.15) is 5.10 Å². The number of amides is 1. The lowest BCUT2D eigenvalue weighted by Crippen LogP contribution is -2.11. The Bertz CT molecular complexity index is 668. The number of rotatable bonds is 3. The summed E-state index contributed by atoms with van der Waals surface area (Å²) in [6.45, 7) is 6.22. The number of nitrogens with zero attached hydrogens (tertiary/aromatic N) is 1. The first kappa shape index (κ1) is 15.3. The quantitative estimate of drug-likeness (QED) is 0.842. The number of anilines is 1. The number of aromatic amines is 1. The molecule has 0 aliphatic rings. The number of halogens is 1. The number of nitrogens with one attached hydrogen (secondary N) is 2. The summed E-state index contributed by atoms with van der Waals surface area (Å²) in [5, 5.41) is 10.3. The molecule has 2 rings (SSSR count). The van der Waals surface area contributed by atoms with E-state index in [0.29, 0.717) is 10.8 Å². The average molecular weight is 304 g/mol. The minimum atomic E-state index is -0.248. The molecule has 0 radical (unpaired) electrons. The number of carbonyl (C=O) groups is 1. The maximum atomic E-state index is 11.9. The van der Waals surface area contributed by atoms with E-state index in [1.165, 1.54) is 6.08 Å². The molecule has 0 spiro atoms. The highest BCUT2D eigenvalue weighted by Crippen LogP contribution is 2.22. The van der Waals surface area contributed by atoms with E-state index in [0.717, 1.165) is 11.3 Å². The van der Waals surface area contributed by atoms with Crippen molar-refractivity contribution in [2.45, 2.75) is 26.2 Å². The van der Waals surface area contributed by atoms with Crippen LogP contribution in [0, 0.1) is 0 Å². The van der Waals surface area contributed by atoms with Gasteiger partial charge in [0.15, 0.2) is 5.82 Å². The third-order valence-corrected chi connectivity index (χ3v) is 3.30. The van der Waals surface area contributed by atoms with Gasteiger partial charge in [-0.15, -0.1) is 0 Å². The van der Waals surface area contributed by atoms with Crippen LogP contribution < -0.4 is 5.32 Å². The van der Waals surface area contributed by atoms with Gasteiger partial charge in [0, 0.05) is 28.3 Å². The van der Waals surface area contributed by atoms with Crippen LogP contribution in [0.4, 0.5) is 5.82 Å². The summed E-state index contributed by atoms with van der Waals surface area (Å²) >= 11 is 6.02. The number of carbonyl (C=O) groups excluding carboxylic acids is 1. The normalized spacial score (nSPS) is 11.8. The molecule has 0 aliphatic heterocycles. The Morgan fingerprint density at radius 2 is 2.05 bits per heavy atom. The van der Waals surface area contributed by atoms with Crippen LogP contribution in [0.3, 0.4) is 0 Å².